The predicted octanol–water partition coefficient (Wildman–Crippen LogP) is 1.24. The quantitative estimate of drug-likeness (QED) is 0.832. The van der Waals surface area contributed by atoms with Crippen molar-refractivity contribution in [2.75, 3.05) is 30.9 Å². The first-order valence-corrected chi connectivity index (χ1v) is 8.52. The summed E-state index contributed by atoms with van der Waals surface area (Å²) < 4.78 is 28.2. The maximum atomic E-state index is 11.4. The standard InChI is InChI=1S/C13H20N2O3S/c1-3-12-9-18-7-6-15(12)13-8-11(4-5-14-13)10-19(2,16)17/h4-5,8,12H,3,6-7,9-10H2,1-2H3/t12-/m0/s1. The number of sulfone groups is 1. The van der Waals surface area contributed by atoms with Crippen LogP contribution in [0.5, 0.6) is 0 Å². The van der Waals surface area contributed by atoms with Crippen molar-refractivity contribution in [3.8, 4) is 0 Å². The van der Waals surface area contributed by atoms with E-state index in [0.717, 1.165) is 24.3 Å². The van der Waals surface area contributed by atoms with E-state index in [1.807, 2.05) is 6.07 Å². The van der Waals surface area contributed by atoms with Gasteiger partial charge in [-0.3, -0.25) is 0 Å². The highest BCUT2D eigenvalue weighted by molar-refractivity contribution is 7.89. The van der Waals surface area contributed by atoms with Crippen LogP contribution in [0.4, 0.5) is 5.82 Å². The Morgan fingerprint density at radius 2 is 2.32 bits per heavy atom. The van der Waals surface area contributed by atoms with Crippen molar-refractivity contribution >= 4 is 15.7 Å². The Morgan fingerprint density at radius 3 is 3.00 bits per heavy atom. The van der Waals surface area contributed by atoms with Gasteiger partial charge in [-0.25, -0.2) is 13.4 Å². The van der Waals surface area contributed by atoms with Crippen molar-refractivity contribution < 1.29 is 13.2 Å². The number of ether oxygens (including phenoxy) is 1. The number of pyridine rings is 1. The molecule has 0 bridgehead atoms. The first-order valence-electron chi connectivity index (χ1n) is 6.46. The lowest BCUT2D eigenvalue weighted by Crippen LogP contribution is -2.45. The smallest absolute Gasteiger partial charge is 0.151 e. The second-order valence-electron chi connectivity index (χ2n) is 4.92. The molecular weight excluding hydrogens is 264 g/mol. The molecule has 1 aromatic heterocycles. The van der Waals surface area contributed by atoms with Crippen LogP contribution < -0.4 is 4.90 Å². The minimum absolute atomic E-state index is 0.0592. The fourth-order valence-electron chi connectivity index (χ4n) is 2.30. The van der Waals surface area contributed by atoms with Crippen LogP contribution in [0.2, 0.25) is 0 Å². The van der Waals surface area contributed by atoms with E-state index in [0.29, 0.717) is 19.3 Å². The Hall–Kier alpha value is -1.14. The molecule has 0 saturated carbocycles. The fraction of sp³-hybridized carbons (Fsp3) is 0.615. The first-order chi connectivity index (χ1) is 8.99. The van der Waals surface area contributed by atoms with Gasteiger partial charge < -0.3 is 9.64 Å². The Balaban J connectivity index is 2.22. The van der Waals surface area contributed by atoms with Gasteiger partial charge in [0.1, 0.15) is 5.82 Å². The average molecular weight is 284 g/mol. The van der Waals surface area contributed by atoms with Crippen LogP contribution in [-0.2, 0) is 20.3 Å². The summed E-state index contributed by atoms with van der Waals surface area (Å²) in [6.45, 7) is 4.31. The molecule has 1 fully saturated rings. The second-order valence-corrected chi connectivity index (χ2v) is 7.06. The van der Waals surface area contributed by atoms with E-state index in [9.17, 15) is 8.42 Å². The third-order valence-electron chi connectivity index (χ3n) is 3.23. The lowest BCUT2D eigenvalue weighted by Gasteiger charge is -2.36. The van der Waals surface area contributed by atoms with Crippen LogP contribution in [-0.4, -0.2) is 45.5 Å². The van der Waals surface area contributed by atoms with Gasteiger partial charge in [0.2, 0.25) is 0 Å². The SMILES string of the molecule is CC[C@H]1COCCN1c1cc(CS(C)(=O)=O)ccn1. The third-order valence-corrected chi connectivity index (χ3v) is 4.09. The van der Waals surface area contributed by atoms with Gasteiger partial charge in [0, 0.05) is 19.0 Å². The van der Waals surface area contributed by atoms with Crippen LogP contribution in [0.3, 0.4) is 0 Å². The second kappa shape index (κ2) is 5.88. The monoisotopic (exact) mass is 284 g/mol. The van der Waals surface area contributed by atoms with Crippen molar-refractivity contribution in [1.29, 1.82) is 0 Å². The zero-order chi connectivity index (χ0) is 13.9. The normalized spacial score (nSPS) is 20.5. The molecule has 0 spiro atoms. The summed E-state index contributed by atoms with van der Waals surface area (Å²) >= 11 is 0. The predicted molar refractivity (Wildman–Crippen MR) is 75.0 cm³/mol. The third kappa shape index (κ3) is 3.91. The molecule has 1 saturated heterocycles. The molecule has 2 rings (SSSR count). The van der Waals surface area contributed by atoms with E-state index in [2.05, 4.69) is 16.8 Å². The zero-order valence-corrected chi connectivity index (χ0v) is 12.2. The van der Waals surface area contributed by atoms with Gasteiger partial charge in [0.05, 0.1) is 25.0 Å². The van der Waals surface area contributed by atoms with E-state index in [4.69, 9.17) is 4.74 Å². The summed E-state index contributed by atoms with van der Waals surface area (Å²) in [7, 11) is -3.01. The summed E-state index contributed by atoms with van der Waals surface area (Å²) in [5.41, 5.74) is 0.786. The number of morpholine rings is 1. The van der Waals surface area contributed by atoms with Gasteiger partial charge in [0.15, 0.2) is 9.84 Å². The number of nitrogens with zero attached hydrogens (tertiary/aromatic N) is 2. The van der Waals surface area contributed by atoms with E-state index < -0.39 is 9.84 Å². The van der Waals surface area contributed by atoms with Crippen LogP contribution in [0.25, 0.3) is 0 Å². The summed E-state index contributed by atoms with van der Waals surface area (Å²) in [5.74, 6) is 0.903. The van der Waals surface area contributed by atoms with Crippen molar-refractivity contribution in [2.24, 2.45) is 0 Å². The molecule has 0 unspecified atom stereocenters. The molecule has 0 radical (unpaired) electrons. The molecule has 106 valence electrons. The molecule has 19 heavy (non-hydrogen) atoms. The van der Waals surface area contributed by atoms with Gasteiger partial charge >= 0.3 is 0 Å². The van der Waals surface area contributed by atoms with Gasteiger partial charge in [-0.15, -0.1) is 0 Å². The number of aromatic nitrogens is 1. The molecule has 0 aromatic carbocycles. The lowest BCUT2D eigenvalue weighted by molar-refractivity contribution is 0.0925. The van der Waals surface area contributed by atoms with Crippen molar-refractivity contribution in [3.63, 3.8) is 0 Å². The van der Waals surface area contributed by atoms with Crippen LogP contribution in [0, 0.1) is 0 Å². The molecule has 2 heterocycles. The molecule has 0 amide bonds. The van der Waals surface area contributed by atoms with Crippen molar-refractivity contribution in [3.05, 3.63) is 23.9 Å². The van der Waals surface area contributed by atoms with Crippen LogP contribution in [0.1, 0.15) is 18.9 Å². The summed E-state index contributed by atoms with van der Waals surface area (Å²) in [5, 5.41) is 0. The molecule has 1 aromatic rings. The molecular formula is C13H20N2O3S. The van der Waals surface area contributed by atoms with Crippen molar-refractivity contribution in [1.82, 2.24) is 4.98 Å². The summed E-state index contributed by atoms with van der Waals surface area (Å²) in [6.07, 6.45) is 3.91. The van der Waals surface area contributed by atoms with Gasteiger partial charge in [-0.05, 0) is 24.1 Å². The van der Waals surface area contributed by atoms with E-state index in [1.165, 1.54) is 6.26 Å². The van der Waals surface area contributed by atoms with E-state index >= 15 is 0 Å². The molecule has 1 aliphatic heterocycles. The minimum atomic E-state index is -3.01. The molecule has 0 N–H and O–H groups in total. The van der Waals surface area contributed by atoms with Gasteiger partial charge in [0.25, 0.3) is 0 Å². The highest BCUT2D eigenvalue weighted by atomic mass is 32.2. The Labute approximate surface area is 114 Å². The van der Waals surface area contributed by atoms with Gasteiger partial charge in [-0.2, -0.15) is 0 Å². The van der Waals surface area contributed by atoms with Crippen LogP contribution in [0.15, 0.2) is 18.3 Å². The lowest BCUT2D eigenvalue weighted by atomic mass is 10.1. The van der Waals surface area contributed by atoms with Crippen LogP contribution >= 0.6 is 0 Å². The number of hydrogen-bond acceptors (Lipinski definition) is 5. The maximum absolute atomic E-state index is 11.4. The fourth-order valence-corrected chi connectivity index (χ4v) is 3.09. The summed E-state index contributed by atoms with van der Waals surface area (Å²) in [4.78, 5) is 6.57. The molecule has 0 aliphatic carbocycles. The van der Waals surface area contributed by atoms with Gasteiger partial charge in [-0.1, -0.05) is 6.92 Å². The topological polar surface area (TPSA) is 59.5 Å². The molecule has 1 aliphatic rings. The Kier molecular flexibility index (Phi) is 4.42. The Morgan fingerprint density at radius 1 is 1.53 bits per heavy atom. The first kappa shape index (κ1) is 14.3. The average Bonchev–Trinajstić information content (AvgIpc) is 2.37. The minimum Gasteiger partial charge on any atom is -0.377 e. The highest BCUT2D eigenvalue weighted by Crippen LogP contribution is 2.20. The van der Waals surface area contributed by atoms with E-state index in [1.54, 1.807) is 12.3 Å². The molecule has 6 heteroatoms. The molecule has 1 atom stereocenters. The highest BCUT2D eigenvalue weighted by Gasteiger charge is 2.22. The number of hydrogen-bond donors (Lipinski definition) is 0. The summed E-state index contributed by atoms with van der Waals surface area (Å²) in [6, 6.07) is 3.94. The Bertz CT molecular complexity index is 530. The molecule has 5 nitrogen and oxygen atoms in total. The number of rotatable bonds is 4. The van der Waals surface area contributed by atoms with Crippen molar-refractivity contribution in [2.45, 2.75) is 25.1 Å². The van der Waals surface area contributed by atoms with E-state index in [-0.39, 0.29) is 5.75 Å². The number of anilines is 1. The largest absolute Gasteiger partial charge is 0.377 e. The maximum Gasteiger partial charge on any atom is 0.151 e. The zero-order valence-electron chi connectivity index (χ0n) is 11.4.